The van der Waals surface area contributed by atoms with Gasteiger partial charge in [0.15, 0.2) is 0 Å². The van der Waals surface area contributed by atoms with E-state index in [-0.39, 0.29) is 24.1 Å². The second-order valence-electron chi connectivity index (χ2n) is 3.55. The SMILES string of the molecule is CCC(CC)(CC)C(=O)OCCCO.N. The number of hydrogen-bond donors (Lipinski definition) is 2. The average Bonchev–Trinajstić information content (AvgIpc) is 2.22. The molecule has 0 aromatic rings. The van der Waals surface area contributed by atoms with Gasteiger partial charge in [0.1, 0.15) is 0 Å². The van der Waals surface area contributed by atoms with Crippen LogP contribution in [-0.4, -0.2) is 24.3 Å². The van der Waals surface area contributed by atoms with Gasteiger partial charge in [-0.05, 0) is 19.3 Å². The van der Waals surface area contributed by atoms with Gasteiger partial charge in [-0.2, -0.15) is 0 Å². The van der Waals surface area contributed by atoms with Crippen LogP contribution in [0, 0.1) is 5.41 Å². The van der Waals surface area contributed by atoms with E-state index in [1.807, 2.05) is 20.8 Å². The molecule has 0 unspecified atom stereocenters. The van der Waals surface area contributed by atoms with Crippen molar-refractivity contribution in [2.24, 2.45) is 5.41 Å². The zero-order chi connectivity index (χ0) is 11.0. The number of ether oxygens (including phenoxy) is 1. The second-order valence-corrected chi connectivity index (χ2v) is 3.55. The first-order valence-electron chi connectivity index (χ1n) is 5.45. The molecule has 0 radical (unpaired) electrons. The van der Waals surface area contributed by atoms with Crippen LogP contribution >= 0.6 is 0 Å². The van der Waals surface area contributed by atoms with Crippen molar-refractivity contribution in [1.29, 1.82) is 0 Å². The Morgan fingerprint density at radius 1 is 1.20 bits per heavy atom. The van der Waals surface area contributed by atoms with Gasteiger partial charge < -0.3 is 16.0 Å². The fraction of sp³-hybridized carbons (Fsp3) is 0.909. The average molecular weight is 219 g/mol. The zero-order valence-electron chi connectivity index (χ0n) is 10.2. The Morgan fingerprint density at radius 3 is 2.00 bits per heavy atom. The molecule has 0 bridgehead atoms. The highest BCUT2D eigenvalue weighted by atomic mass is 16.5. The third kappa shape index (κ3) is 4.62. The molecule has 0 aliphatic carbocycles. The van der Waals surface area contributed by atoms with E-state index in [0.29, 0.717) is 13.0 Å². The summed E-state index contributed by atoms with van der Waals surface area (Å²) in [5.74, 6) is -0.113. The molecule has 0 aromatic carbocycles. The number of rotatable bonds is 7. The third-order valence-corrected chi connectivity index (χ3v) is 3.00. The molecule has 0 atom stereocenters. The number of aliphatic hydroxyl groups is 1. The highest BCUT2D eigenvalue weighted by molar-refractivity contribution is 5.76. The second kappa shape index (κ2) is 8.68. The standard InChI is InChI=1S/C11H22O3.H3N/c1-4-11(5-2,6-3)10(13)14-9-7-8-12;/h12H,4-9H2,1-3H3;1H3. The van der Waals surface area contributed by atoms with Crippen LogP contribution in [0.25, 0.3) is 0 Å². The topological polar surface area (TPSA) is 81.5 Å². The molecule has 15 heavy (non-hydrogen) atoms. The third-order valence-electron chi connectivity index (χ3n) is 3.00. The van der Waals surface area contributed by atoms with E-state index in [4.69, 9.17) is 9.84 Å². The van der Waals surface area contributed by atoms with Crippen LogP contribution in [0.1, 0.15) is 46.5 Å². The number of carbonyl (C=O) groups excluding carboxylic acids is 1. The lowest BCUT2D eigenvalue weighted by Crippen LogP contribution is -2.31. The summed E-state index contributed by atoms with van der Waals surface area (Å²) in [6.45, 7) is 6.45. The Labute approximate surface area is 92.6 Å². The summed E-state index contributed by atoms with van der Waals surface area (Å²) in [6.07, 6.45) is 2.98. The maximum atomic E-state index is 11.7. The Morgan fingerprint density at radius 2 is 1.67 bits per heavy atom. The van der Waals surface area contributed by atoms with E-state index in [1.54, 1.807) is 0 Å². The predicted molar refractivity (Wildman–Crippen MR) is 61.0 cm³/mol. The fourth-order valence-corrected chi connectivity index (χ4v) is 1.57. The van der Waals surface area contributed by atoms with Crippen molar-refractivity contribution in [2.45, 2.75) is 46.5 Å². The summed E-state index contributed by atoms with van der Waals surface area (Å²) in [6, 6.07) is 0. The lowest BCUT2D eigenvalue weighted by atomic mass is 9.80. The largest absolute Gasteiger partial charge is 0.465 e. The van der Waals surface area contributed by atoms with Crippen LogP contribution < -0.4 is 6.15 Å². The van der Waals surface area contributed by atoms with Crippen LogP contribution in [0.2, 0.25) is 0 Å². The highest BCUT2D eigenvalue weighted by Crippen LogP contribution is 2.31. The van der Waals surface area contributed by atoms with Crippen molar-refractivity contribution in [1.82, 2.24) is 6.15 Å². The quantitative estimate of drug-likeness (QED) is 0.508. The van der Waals surface area contributed by atoms with Crippen LogP contribution in [0.3, 0.4) is 0 Å². The maximum absolute atomic E-state index is 11.7. The van der Waals surface area contributed by atoms with Crippen molar-refractivity contribution in [3.63, 3.8) is 0 Å². The summed E-state index contributed by atoms with van der Waals surface area (Å²) >= 11 is 0. The normalized spacial score (nSPS) is 10.7. The van der Waals surface area contributed by atoms with Gasteiger partial charge >= 0.3 is 5.97 Å². The fourth-order valence-electron chi connectivity index (χ4n) is 1.57. The van der Waals surface area contributed by atoms with Crippen molar-refractivity contribution in [3.05, 3.63) is 0 Å². The molecular weight excluding hydrogens is 194 g/mol. The summed E-state index contributed by atoms with van der Waals surface area (Å²) in [5.41, 5.74) is -0.310. The molecule has 0 saturated heterocycles. The first kappa shape index (κ1) is 16.8. The molecule has 0 fully saturated rings. The monoisotopic (exact) mass is 219 g/mol. The molecule has 92 valence electrons. The number of carbonyl (C=O) groups is 1. The molecule has 4 N–H and O–H groups in total. The van der Waals surface area contributed by atoms with E-state index in [1.165, 1.54) is 0 Å². The Balaban J connectivity index is 0. The Hall–Kier alpha value is -0.610. The van der Waals surface area contributed by atoms with E-state index in [9.17, 15) is 4.79 Å². The van der Waals surface area contributed by atoms with Gasteiger partial charge in [0.05, 0.1) is 12.0 Å². The number of hydrogen-bond acceptors (Lipinski definition) is 4. The van der Waals surface area contributed by atoms with Gasteiger partial charge in [-0.3, -0.25) is 4.79 Å². The molecule has 0 amide bonds. The Bertz CT molecular complexity index is 159. The minimum absolute atomic E-state index is 0. The summed E-state index contributed by atoms with van der Waals surface area (Å²) < 4.78 is 5.12. The first-order chi connectivity index (χ1) is 6.66. The van der Waals surface area contributed by atoms with E-state index < -0.39 is 0 Å². The molecule has 4 nitrogen and oxygen atoms in total. The van der Waals surface area contributed by atoms with Gasteiger partial charge in [-0.1, -0.05) is 20.8 Å². The van der Waals surface area contributed by atoms with Gasteiger partial charge in [0.2, 0.25) is 0 Å². The smallest absolute Gasteiger partial charge is 0.312 e. The Kier molecular flexibility index (Phi) is 9.72. The molecule has 0 aliphatic rings. The van der Waals surface area contributed by atoms with Crippen molar-refractivity contribution in [3.8, 4) is 0 Å². The van der Waals surface area contributed by atoms with Crippen LogP contribution in [0.4, 0.5) is 0 Å². The first-order valence-corrected chi connectivity index (χ1v) is 5.45. The van der Waals surface area contributed by atoms with Gasteiger partial charge in [0, 0.05) is 13.0 Å². The maximum Gasteiger partial charge on any atom is 0.312 e. The van der Waals surface area contributed by atoms with Crippen LogP contribution in [-0.2, 0) is 9.53 Å². The van der Waals surface area contributed by atoms with Crippen LogP contribution in [0.15, 0.2) is 0 Å². The molecule has 0 rings (SSSR count). The minimum Gasteiger partial charge on any atom is -0.465 e. The van der Waals surface area contributed by atoms with Crippen molar-refractivity contribution in [2.75, 3.05) is 13.2 Å². The minimum atomic E-state index is -0.310. The van der Waals surface area contributed by atoms with Crippen LogP contribution in [0.5, 0.6) is 0 Å². The van der Waals surface area contributed by atoms with Gasteiger partial charge in [-0.25, -0.2) is 0 Å². The summed E-state index contributed by atoms with van der Waals surface area (Å²) in [7, 11) is 0. The van der Waals surface area contributed by atoms with Crippen molar-refractivity contribution < 1.29 is 14.6 Å². The molecule has 0 aromatic heterocycles. The molecular formula is C11H25NO3. The highest BCUT2D eigenvalue weighted by Gasteiger charge is 2.34. The van der Waals surface area contributed by atoms with Gasteiger partial charge in [0.25, 0.3) is 0 Å². The molecule has 0 heterocycles. The van der Waals surface area contributed by atoms with E-state index >= 15 is 0 Å². The lowest BCUT2D eigenvalue weighted by molar-refractivity contribution is -0.157. The van der Waals surface area contributed by atoms with Crippen molar-refractivity contribution >= 4 is 5.97 Å². The molecule has 0 aliphatic heterocycles. The van der Waals surface area contributed by atoms with Gasteiger partial charge in [-0.15, -0.1) is 0 Å². The van der Waals surface area contributed by atoms with E-state index in [2.05, 4.69) is 0 Å². The molecule has 4 heteroatoms. The summed E-state index contributed by atoms with van der Waals surface area (Å²) in [5, 5.41) is 8.56. The predicted octanol–water partition coefficient (Wildman–Crippen LogP) is 2.29. The number of aliphatic hydroxyl groups excluding tert-OH is 1. The lowest BCUT2D eigenvalue weighted by Gasteiger charge is -2.27. The van der Waals surface area contributed by atoms with E-state index in [0.717, 1.165) is 19.3 Å². The zero-order valence-corrected chi connectivity index (χ0v) is 10.2. The summed E-state index contributed by atoms with van der Waals surface area (Å²) in [4.78, 5) is 11.7. The molecule has 0 spiro atoms. The molecule has 0 saturated carbocycles. The number of esters is 1.